The lowest BCUT2D eigenvalue weighted by Crippen LogP contribution is -2.35. The Morgan fingerprint density at radius 2 is 1.94 bits per heavy atom. The molecule has 1 heterocycles. The minimum absolute atomic E-state index is 0.351. The summed E-state index contributed by atoms with van der Waals surface area (Å²) in [6.07, 6.45) is 7.05. The largest absolute Gasteiger partial charge is 0.413 e. The van der Waals surface area contributed by atoms with E-state index in [0.717, 1.165) is 13.2 Å². The molecular weight excluding hydrogens is 216 g/mol. The van der Waals surface area contributed by atoms with Gasteiger partial charge in [-0.25, -0.2) is 0 Å². The molecule has 3 heteroatoms. The maximum atomic E-state index is 6.13. The lowest BCUT2D eigenvalue weighted by molar-refractivity contribution is 0.145. The fourth-order valence-electron chi connectivity index (χ4n) is 2.24. The van der Waals surface area contributed by atoms with Gasteiger partial charge in [0.1, 0.15) is 0 Å². The zero-order valence-corrected chi connectivity index (χ0v) is 12.0. The summed E-state index contributed by atoms with van der Waals surface area (Å²) in [7, 11) is -1.39. The van der Waals surface area contributed by atoms with Gasteiger partial charge in [0, 0.05) is 6.61 Å². The minimum atomic E-state index is -1.39. The molecule has 0 radical (unpaired) electrons. The van der Waals surface area contributed by atoms with Gasteiger partial charge >= 0.3 is 0 Å². The Balaban J connectivity index is 2.26. The van der Waals surface area contributed by atoms with E-state index in [9.17, 15) is 0 Å². The van der Waals surface area contributed by atoms with Crippen LogP contribution in [0.1, 0.15) is 33.6 Å². The third-order valence-electron chi connectivity index (χ3n) is 3.73. The molecule has 1 fully saturated rings. The van der Waals surface area contributed by atoms with Gasteiger partial charge in [0.05, 0.1) is 12.7 Å². The second-order valence-corrected chi connectivity index (χ2v) is 9.31. The Hall–Kier alpha value is -0.123. The van der Waals surface area contributed by atoms with Crippen LogP contribution in [-0.2, 0) is 9.16 Å². The van der Waals surface area contributed by atoms with Crippen molar-refractivity contribution in [2.24, 2.45) is 0 Å². The van der Waals surface area contributed by atoms with E-state index >= 15 is 0 Å². The van der Waals surface area contributed by atoms with Crippen LogP contribution in [0.25, 0.3) is 0 Å². The molecule has 0 aromatic heterocycles. The fraction of sp³-hybridized carbons (Fsp3) is 0.846. The molecule has 1 aliphatic heterocycles. The molecule has 0 aromatic carbocycles. The Kier molecular flexibility index (Phi) is 6.32. The van der Waals surface area contributed by atoms with E-state index < -0.39 is 8.32 Å². The predicted octanol–water partition coefficient (Wildman–Crippen LogP) is 3.74. The van der Waals surface area contributed by atoms with Crippen molar-refractivity contribution in [2.75, 3.05) is 13.2 Å². The first-order chi connectivity index (χ1) is 7.76. The monoisotopic (exact) mass is 242 g/mol. The molecule has 0 N–H and O–H groups in total. The first-order valence-corrected chi connectivity index (χ1v) is 9.21. The van der Waals surface area contributed by atoms with E-state index in [4.69, 9.17) is 9.16 Å². The van der Waals surface area contributed by atoms with Gasteiger partial charge in [-0.1, -0.05) is 32.9 Å². The molecule has 2 nitrogen and oxygen atoms in total. The summed E-state index contributed by atoms with van der Waals surface area (Å²) in [5, 5.41) is 0. The van der Waals surface area contributed by atoms with E-state index in [0.29, 0.717) is 6.10 Å². The second kappa shape index (κ2) is 7.25. The van der Waals surface area contributed by atoms with Crippen LogP contribution in [0.2, 0.25) is 18.1 Å². The van der Waals surface area contributed by atoms with Gasteiger partial charge in [0.15, 0.2) is 8.32 Å². The second-order valence-electron chi connectivity index (χ2n) is 4.53. The quantitative estimate of drug-likeness (QED) is 0.500. The first kappa shape index (κ1) is 13.9. The van der Waals surface area contributed by atoms with Crippen LogP contribution in [0.4, 0.5) is 0 Å². The van der Waals surface area contributed by atoms with Crippen molar-refractivity contribution in [3.63, 3.8) is 0 Å². The van der Waals surface area contributed by atoms with Gasteiger partial charge in [0.25, 0.3) is 0 Å². The molecule has 0 aliphatic carbocycles. The highest BCUT2D eigenvalue weighted by Crippen LogP contribution is 2.21. The third-order valence-corrected chi connectivity index (χ3v) is 8.38. The molecule has 0 bridgehead atoms. The van der Waals surface area contributed by atoms with E-state index in [1.165, 1.54) is 31.0 Å². The van der Waals surface area contributed by atoms with Gasteiger partial charge in [-0.3, -0.25) is 0 Å². The molecule has 1 atom stereocenters. The summed E-state index contributed by atoms with van der Waals surface area (Å²) >= 11 is 0. The lowest BCUT2D eigenvalue weighted by atomic mass is 10.2. The number of rotatable bonds is 7. The Morgan fingerprint density at radius 1 is 1.25 bits per heavy atom. The molecule has 94 valence electrons. The number of hydrogen-bond donors (Lipinski definition) is 0. The standard InChI is InChI=1S/C13H26O2Si/c1-4-16(5-2,6-3)15-12-8-10-13-9-7-11-14-13/h8,10,13H,4-7,9,11-12H2,1-3H3/b10-8+. The molecule has 0 saturated carbocycles. The molecular formula is C13H26O2Si. The zero-order valence-electron chi connectivity index (χ0n) is 11.0. The maximum Gasteiger partial charge on any atom is 0.192 e. The average Bonchev–Trinajstić information content (AvgIpc) is 2.83. The normalized spacial score (nSPS) is 22.1. The van der Waals surface area contributed by atoms with Crippen LogP contribution in [-0.4, -0.2) is 27.6 Å². The summed E-state index contributed by atoms with van der Waals surface area (Å²) in [5.41, 5.74) is 0. The van der Waals surface area contributed by atoms with Crippen LogP contribution < -0.4 is 0 Å². The number of hydrogen-bond acceptors (Lipinski definition) is 2. The molecule has 1 saturated heterocycles. The van der Waals surface area contributed by atoms with Gasteiger partial charge < -0.3 is 9.16 Å². The smallest absolute Gasteiger partial charge is 0.192 e. The van der Waals surface area contributed by atoms with Crippen LogP contribution in [0.15, 0.2) is 12.2 Å². The lowest BCUT2D eigenvalue weighted by Gasteiger charge is -2.27. The predicted molar refractivity (Wildman–Crippen MR) is 71.3 cm³/mol. The Bertz CT molecular complexity index is 198. The van der Waals surface area contributed by atoms with Gasteiger partial charge in [-0.05, 0) is 31.0 Å². The Labute approximate surface area is 101 Å². The highest BCUT2D eigenvalue weighted by atomic mass is 28.4. The summed E-state index contributed by atoms with van der Waals surface area (Å²) in [4.78, 5) is 0. The summed E-state index contributed by atoms with van der Waals surface area (Å²) < 4.78 is 11.7. The van der Waals surface area contributed by atoms with Gasteiger partial charge in [-0.15, -0.1) is 0 Å². The van der Waals surface area contributed by atoms with Crippen LogP contribution in [0.5, 0.6) is 0 Å². The van der Waals surface area contributed by atoms with Gasteiger partial charge in [-0.2, -0.15) is 0 Å². The van der Waals surface area contributed by atoms with Crippen LogP contribution in [0, 0.1) is 0 Å². The highest BCUT2D eigenvalue weighted by molar-refractivity contribution is 6.73. The average molecular weight is 242 g/mol. The fourth-order valence-corrected chi connectivity index (χ4v) is 4.80. The van der Waals surface area contributed by atoms with Crippen LogP contribution >= 0.6 is 0 Å². The van der Waals surface area contributed by atoms with Gasteiger partial charge in [0.2, 0.25) is 0 Å². The molecule has 1 rings (SSSR count). The first-order valence-electron chi connectivity index (χ1n) is 6.68. The van der Waals surface area contributed by atoms with E-state index in [2.05, 4.69) is 32.9 Å². The summed E-state index contributed by atoms with van der Waals surface area (Å²) in [6, 6.07) is 3.69. The minimum Gasteiger partial charge on any atom is -0.413 e. The summed E-state index contributed by atoms with van der Waals surface area (Å²) in [5.74, 6) is 0. The third kappa shape index (κ3) is 4.04. The van der Waals surface area contributed by atoms with E-state index in [1.807, 2.05) is 0 Å². The molecule has 1 aliphatic rings. The zero-order chi connectivity index (χ0) is 11.9. The van der Waals surface area contributed by atoms with Crippen molar-refractivity contribution >= 4 is 8.32 Å². The van der Waals surface area contributed by atoms with Crippen LogP contribution in [0.3, 0.4) is 0 Å². The van der Waals surface area contributed by atoms with E-state index in [1.54, 1.807) is 0 Å². The molecule has 0 amide bonds. The highest BCUT2D eigenvalue weighted by Gasteiger charge is 2.27. The van der Waals surface area contributed by atoms with Crippen molar-refractivity contribution in [3.8, 4) is 0 Å². The van der Waals surface area contributed by atoms with Crippen molar-refractivity contribution in [2.45, 2.75) is 57.8 Å². The Morgan fingerprint density at radius 3 is 2.44 bits per heavy atom. The van der Waals surface area contributed by atoms with Crippen molar-refractivity contribution in [3.05, 3.63) is 12.2 Å². The van der Waals surface area contributed by atoms with Crippen molar-refractivity contribution < 1.29 is 9.16 Å². The van der Waals surface area contributed by atoms with Crippen molar-refractivity contribution in [1.82, 2.24) is 0 Å². The molecule has 16 heavy (non-hydrogen) atoms. The van der Waals surface area contributed by atoms with Crippen molar-refractivity contribution in [1.29, 1.82) is 0 Å². The van der Waals surface area contributed by atoms with E-state index in [-0.39, 0.29) is 0 Å². The molecule has 0 spiro atoms. The molecule has 1 unspecified atom stereocenters. The molecule has 0 aromatic rings. The summed E-state index contributed by atoms with van der Waals surface area (Å²) in [6.45, 7) is 8.50. The number of ether oxygens (including phenoxy) is 1. The maximum absolute atomic E-state index is 6.13. The topological polar surface area (TPSA) is 18.5 Å². The SMILES string of the molecule is CC[Si](CC)(CC)OC/C=C/C1CCCO1.